The molecule has 0 N–H and O–H groups in total. The van der Waals surface area contributed by atoms with Gasteiger partial charge in [0, 0.05) is 0 Å². The predicted molar refractivity (Wildman–Crippen MR) is 40.3 cm³/mol. The van der Waals surface area contributed by atoms with Crippen molar-refractivity contribution in [1.82, 2.24) is 15.0 Å². The predicted octanol–water partition coefficient (Wildman–Crippen LogP) is 0.405. The lowest BCUT2D eigenvalue weighted by Gasteiger charge is -1.96. The Hall–Kier alpha value is -1.52. The molecule has 0 saturated carbocycles. The van der Waals surface area contributed by atoms with Gasteiger partial charge in [0.05, 0.1) is 6.21 Å². The van der Waals surface area contributed by atoms with Crippen LogP contribution in [0.4, 0.5) is 0 Å². The summed E-state index contributed by atoms with van der Waals surface area (Å²) in [5, 5.41) is 12.4. The molecule has 0 amide bonds. The second-order valence-corrected chi connectivity index (χ2v) is 2.02. The summed E-state index contributed by atoms with van der Waals surface area (Å²) in [4.78, 5) is 11.6. The van der Waals surface area contributed by atoms with Crippen LogP contribution >= 0.6 is 0 Å². The zero-order valence-electron chi connectivity index (χ0n) is 6.27. The third kappa shape index (κ3) is 1.96. The second kappa shape index (κ2) is 3.05. The number of hydrogen-bond acceptors (Lipinski definition) is 5. The fourth-order valence-corrected chi connectivity index (χ4v) is 0.746. The summed E-state index contributed by atoms with van der Waals surface area (Å²) in [7, 11) is 0. The lowest BCUT2D eigenvalue weighted by atomic mass is 10.5. The van der Waals surface area contributed by atoms with E-state index in [2.05, 4.69) is 20.1 Å². The van der Waals surface area contributed by atoms with Crippen LogP contribution in [0.1, 0.15) is 17.5 Å². The van der Waals surface area contributed by atoms with Gasteiger partial charge in [0.25, 0.3) is 0 Å². The van der Waals surface area contributed by atoms with Gasteiger partial charge >= 0.3 is 0 Å². The van der Waals surface area contributed by atoms with E-state index in [0.29, 0.717) is 17.5 Å². The van der Waals surface area contributed by atoms with Crippen molar-refractivity contribution in [2.24, 2.45) is 5.16 Å². The Kier molecular flexibility index (Phi) is 2.10. The average molecular weight is 151 g/mol. The van der Waals surface area contributed by atoms with Crippen molar-refractivity contribution in [1.29, 1.82) is 0 Å². The van der Waals surface area contributed by atoms with E-state index in [0.717, 1.165) is 6.21 Å². The van der Waals surface area contributed by atoms with E-state index in [9.17, 15) is 5.21 Å². The summed E-state index contributed by atoms with van der Waals surface area (Å²) in [5.74, 6) is 1.49. The summed E-state index contributed by atoms with van der Waals surface area (Å²) in [5.41, 5.74) is 0. The second-order valence-electron chi connectivity index (χ2n) is 2.02. The molecule has 0 fully saturated rings. The van der Waals surface area contributed by atoms with Crippen molar-refractivity contribution in [2.75, 3.05) is 0 Å². The maximum atomic E-state index is 9.79. The first kappa shape index (κ1) is 7.59. The number of hydrogen-bond donors (Lipinski definition) is 0. The molecule has 0 radical (unpaired) electrons. The van der Waals surface area contributed by atoms with Gasteiger partial charge in [-0.1, -0.05) is 0 Å². The molecule has 5 heteroatoms. The van der Waals surface area contributed by atoms with Gasteiger partial charge in [0.2, 0.25) is 0 Å². The minimum absolute atomic E-state index is 0.310. The average Bonchev–Trinajstić information content (AvgIpc) is 1.85. The number of nitrogens with zero attached hydrogens (tertiary/aromatic N) is 4. The van der Waals surface area contributed by atoms with E-state index < -0.39 is 0 Å². The molecule has 0 bridgehead atoms. The first-order valence-corrected chi connectivity index (χ1v) is 3.07. The molecule has 0 aliphatic rings. The Bertz CT molecular complexity index is 264. The summed E-state index contributed by atoms with van der Waals surface area (Å²) >= 11 is 0. The SMILES string of the molecule is Cc1nc(C)nc(C=N[O-])n1. The molecule has 0 unspecified atom stereocenters. The molecule has 1 aromatic heterocycles. The van der Waals surface area contributed by atoms with E-state index in [1.165, 1.54) is 0 Å². The lowest BCUT2D eigenvalue weighted by Crippen LogP contribution is -2.01. The van der Waals surface area contributed by atoms with Crippen LogP contribution in [0.15, 0.2) is 5.16 Å². The van der Waals surface area contributed by atoms with Crippen molar-refractivity contribution in [3.63, 3.8) is 0 Å². The fraction of sp³-hybridized carbons (Fsp3) is 0.333. The van der Waals surface area contributed by atoms with Gasteiger partial charge in [-0.15, -0.1) is 0 Å². The van der Waals surface area contributed by atoms with Gasteiger partial charge in [-0.2, -0.15) is 0 Å². The van der Waals surface area contributed by atoms with Crippen LogP contribution in [-0.4, -0.2) is 21.2 Å². The van der Waals surface area contributed by atoms with Crippen LogP contribution in [0.3, 0.4) is 0 Å². The van der Waals surface area contributed by atoms with Gasteiger partial charge in [-0.25, -0.2) is 15.0 Å². The topological polar surface area (TPSA) is 74.1 Å². The third-order valence-electron chi connectivity index (χ3n) is 1.04. The highest BCUT2D eigenvalue weighted by atomic mass is 16.4. The molecule has 1 aromatic rings. The summed E-state index contributed by atoms with van der Waals surface area (Å²) in [6.45, 7) is 3.47. The molecule has 0 aliphatic heterocycles. The van der Waals surface area contributed by atoms with Crippen molar-refractivity contribution in [3.05, 3.63) is 22.7 Å². The molecule has 0 aliphatic carbocycles. The van der Waals surface area contributed by atoms with Crippen molar-refractivity contribution < 1.29 is 0 Å². The van der Waals surface area contributed by atoms with Crippen molar-refractivity contribution in [2.45, 2.75) is 13.8 Å². The van der Waals surface area contributed by atoms with E-state index in [-0.39, 0.29) is 0 Å². The highest BCUT2D eigenvalue weighted by molar-refractivity contribution is 5.74. The largest absolute Gasteiger partial charge is 0.792 e. The van der Waals surface area contributed by atoms with Gasteiger partial charge in [0.15, 0.2) is 5.82 Å². The van der Waals surface area contributed by atoms with E-state index in [1.54, 1.807) is 13.8 Å². The van der Waals surface area contributed by atoms with Crippen LogP contribution in [0, 0.1) is 19.1 Å². The Morgan fingerprint density at radius 3 is 2.18 bits per heavy atom. The number of aromatic nitrogens is 3. The smallest absolute Gasteiger partial charge is 0.173 e. The van der Waals surface area contributed by atoms with Crippen LogP contribution in [0.25, 0.3) is 0 Å². The van der Waals surface area contributed by atoms with E-state index in [1.807, 2.05) is 0 Å². The normalized spacial score (nSPS) is 10.7. The van der Waals surface area contributed by atoms with E-state index in [4.69, 9.17) is 0 Å². The van der Waals surface area contributed by atoms with Crippen LogP contribution in [0.5, 0.6) is 0 Å². The Balaban J connectivity index is 3.08. The Morgan fingerprint density at radius 1 is 1.18 bits per heavy atom. The van der Waals surface area contributed by atoms with Crippen molar-refractivity contribution in [3.8, 4) is 0 Å². The molecule has 0 aromatic carbocycles. The number of rotatable bonds is 1. The highest BCUT2D eigenvalue weighted by Crippen LogP contribution is 1.90. The maximum Gasteiger partial charge on any atom is 0.173 e. The van der Waals surface area contributed by atoms with Gasteiger partial charge in [0.1, 0.15) is 11.6 Å². The standard InChI is InChI=1S/C6H8N4O/c1-4-8-5(2)10-6(9-4)3-7-11/h3,11H,1-2H3/p-1. The molecule has 0 saturated heterocycles. The Labute approximate surface area is 63.8 Å². The maximum absolute atomic E-state index is 9.79. The monoisotopic (exact) mass is 151 g/mol. The first-order chi connectivity index (χ1) is 5.22. The van der Waals surface area contributed by atoms with Gasteiger partial charge in [-0.05, 0) is 13.8 Å². The third-order valence-corrected chi connectivity index (χ3v) is 1.04. The molecule has 1 rings (SSSR count). The molecule has 1 heterocycles. The molecular weight excluding hydrogens is 144 g/mol. The zero-order chi connectivity index (χ0) is 8.27. The first-order valence-electron chi connectivity index (χ1n) is 3.07. The lowest BCUT2D eigenvalue weighted by molar-refractivity contribution is 0.911. The zero-order valence-corrected chi connectivity index (χ0v) is 6.27. The van der Waals surface area contributed by atoms with E-state index >= 15 is 0 Å². The molecule has 58 valence electrons. The fourth-order valence-electron chi connectivity index (χ4n) is 0.746. The van der Waals surface area contributed by atoms with Gasteiger partial charge < -0.3 is 10.4 Å². The van der Waals surface area contributed by atoms with Crippen molar-refractivity contribution >= 4 is 6.21 Å². The van der Waals surface area contributed by atoms with Gasteiger partial charge in [-0.3, -0.25) is 0 Å². The minimum Gasteiger partial charge on any atom is -0.792 e. The summed E-state index contributed by atoms with van der Waals surface area (Å²) in [6.07, 6.45) is 1.06. The van der Waals surface area contributed by atoms with Crippen LogP contribution < -0.4 is 0 Å². The minimum atomic E-state index is 0.310. The molecule has 0 spiro atoms. The quantitative estimate of drug-likeness (QED) is 0.430. The Morgan fingerprint density at radius 2 is 1.73 bits per heavy atom. The molecule has 11 heavy (non-hydrogen) atoms. The molecular formula is C6H7N4O-. The number of aryl methyl sites for hydroxylation is 2. The van der Waals surface area contributed by atoms with Crippen LogP contribution in [0.2, 0.25) is 0 Å². The molecule has 0 atom stereocenters. The summed E-state index contributed by atoms with van der Waals surface area (Å²) in [6, 6.07) is 0. The summed E-state index contributed by atoms with van der Waals surface area (Å²) < 4.78 is 0. The molecule has 5 nitrogen and oxygen atoms in total. The van der Waals surface area contributed by atoms with Crippen LogP contribution in [-0.2, 0) is 0 Å². The highest BCUT2D eigenvalue weighted by Gasteiger charge is 1.94.